The second-order valence-corrected chi connectivity index (χ2v) is 7.68. The van der Waals surface area contributed by atoms with Gasteiger partial charge in [0.1, 0.15) is 0 Å². The number of likely N-dealkylation sites (tertiary alicyclic amines) is 1. The van der Waals surface area contributed by atoms with E-state index in [-0.39, 0.29) is 10.8 Å². The predicted molar refractivity (Wildman–Crippen MR) is 86.1 cm³/mol. The maximum atomic E-state index is 12.5. The molecule has 1 heterocycles. The summed E-state index contributed by atoms with van der Waals surface area (Å²) in [5.41, 5.74) is 1.69. The molecule has 1 atom stereocenters. The second kappa shape index (κ2) is 6.79. The van der Waals surface area contributed by atoms with Crippen molar-refractivity contribution in [3.63, 3.8) is 0 Å². The van der Waals surface area contributed by atoms with Crippen molar-refractivity contribution in [2.45, 2.75) is 51.0 Å². The summed E-state index contributed by atoms with van der Waals surface area (Å²) in [5.74, 6) is -0.145. The molecule has 22 heavy (non-hydrogen) atoms. The monoisotopic (exact) mass is 324 g/mol. The van der Waals surface area contributed by atoms with E-state index in [1.54, 1.807) is 30.9 Å². The van der Waals surface area contributed by atoms with Crippen molar-refractivity contribution in [3.05, 3.63) is 29.3 Å². The van der Waals surface area contributed by atoms with E-state index in [1.807, 2.05) is 13.0 Å². The Kier molecular flexibility index (Phi) is 5.24. The van der Waals surface area contributed by atoms with E-state index in [0.29, 0.717) is 18.7 Å². The normalized spacial score (nSPS) is 17.3. The summed E-state index contributed by atoms with van der Waals surface area (Å²) in [6.07, 6.45) is 3.11. The molecule has 1 aromatic carbocycles. The molecule has 1 saturated heterocycles. The molecule has 1 N–H and O–H groups in total. The van der Waals surface area contributed by atoms with Crippen molar-refractivity contribution in [1.82, 2.24) is 9.62 Å². The summed E-state index contributed by atoms with van der Waals surface area (Å²) in [6.45, 7) is 6.72. The number of hydrogen-bond acceptors (Lipinski definition) is 3. The van der Waals surface area contributed by atoms with Gasteiger partial charge in [-0.05, 0) is 51.7 Å². The zero-order valence-corrected chi connectivity index (χ0v) is 14.2. The Labute approximate surface area is 132 Å². The Morgan fingerprint density at radius 3 is 2.41 bits per heavy atom. The van der Waals surface area contributed by atoms with Crippen LogP contribution in [0.1, 0.15) is 37.3 Å². The SMILES string of the molecule is Cc1ccc(S(=O)(=O)NC(C)C(=O)N2CCCCC2)c(C)c1. The fraction of sp³-hybridized carbons (Fsp3) is 0.562. The summed E-state index contributed by atoms with van der Waals surface area (Å²) in [5, 5.41) is 0. The van der Waals surface area contributed by atoms with E-state index in [1.165, 1.54) is 0 Å². The highest BCUT2D eigenvalue weighted by atomic mass is 32.2. The van der Waals surface area contributed by atoms with Crippen molar-refractivity contribution in [3.8, 4) is 0 Å². The molecule has 0 radical (unpaired) electrons. The van der Waals surface area contributed by atoms with Crippen LogP contribution in [0.2, 0.25) is 0 Å². The van der Waals surface area contributed by atoms with Crippen LogP contribution in [0.3, 0.4) is 0 Å². The largest absolute Gasteiger partial charge is 0.341 e. The summed E-state index contributed by atoms with van der Waals surface area (Å²) >= 11 is 0. The number of aryl methyl sites for hydroxylation is 2. The fourth-order valence-corrected chi connectivity index (χ4v) is 4.26. The van der Waals surface area contributed by atoms with Crippen LogP contribution in [0.25, 0.3) is 0 Å². The Balaban J connectivity index is 2.12. The average molecular weight is 324 g/mol. The summed E-state index contributed by atoms with van der Waals surface area (Å²) in [4.78, 5) is 14.3. The quantitative estimate of drug-likeness (QED) is 0.921. The van der Waals surface area contributed by atoms with Crippen LogP contribution in [0.15, 0.2) is 23.1 Å². The first kappa shape index (κ1) is 17.0. The van der Waals surface area contributed by atoms with Gasteiger partial charge in [0, 0.05) is 13.1 Å². The molecule has 0 spiro atoms. The highest BCUT2D eigenvalue weighted by Gasteiger charge is 2.27. The second-order valence-electron chi connectivity index (χ2n) is 6.00. The first-order chi connectivity index (χ1) is 10.3. The number of piperidine rings is 1. The lowest BCUT2D eigenvalue weighted by molar-refractivity contribution is -0.133. The number of hydrogen-bond donors (Lipinski definition) is 1. The van der Waals surface area contributed by atoms with Crippen LogP contribution in [-0.4, -0.2) is 38.4 Å². The molecule has 1 fully saturated rings. The molecule has 6 heteroatoms. The van der Waals surface area contributed by atoms with E-state index in [2.05, 4.69) is 4.72 Å². The van der Waals surface area contributed by atoms with Crippen LogP contribution in [-0.2, 0) is 14.8 Å². The Bertz CT molecular complexity index is 649. The van der Waals surface area contributed by atoms with Crippen molar-refractivity contribution < 1.29 is 13.2 Å². The predicted octanol–water partition coefficient (Wildman–Crippen LogP) is 1.98. The van der Waals surface area contributed by atoms with E-state index in [0.717, 1.165) is 24.8 Å². The van der Waals surface area contributed by atoms with Gasteiger partial charge in [-0.3, -0.25) is 4.79 Å². The number of amides is 1. The molecular formula is C16H24N2O3S. The topological polar surface area (TPSA) is 66.5 Å². The number of nitrogens with zero attached hydrogens (tertiary/aromatic N) is 1. The smallest absolute Gasteiger partial charge is 0.241 e. The maximum Gasteiger partial charge on any atom is 0.241 e. The van der Waals surface area contributed by atoms with Gasteiger partial charge in [0.25, 0.3) is 0 Å². The molecule has 0 aromatic heterocycles. The van der Waals surface area contributed by atoms with Crippen LogP contribution in [0.5, 0.6) is 0 Å². The maximum absolute atomic E-state index is 12.5. The molecule has 1 aliphatic heterocycles. The number of rotatable bonds is 4. The van der Waals surface area contributed by atoms with Crippen molar-refractivity contribution >= 4 is 15.9 Å². The molecule has 0 aliphatic carbocycles. The van der Waals surface area contributed by atoms with Gasteiger partial charge in [-0.25, -0.2) is 8.42 Å². The van der Waals surface area contributed by atoms with E-state index in [9.17, 15) is 13.2 Å². The fourth-order valence-electron chi connectivity index (χ4n) is 2.84. The van der Waals surface area contributed by atoms with Crippen LogP contribution >= 0.6 is 0 Å². The highest BCUT2D eigenvalue weighted by Crippen LogP contribution is 2.17. The third-order valence-corrected chi connectivity index (χ3v) is 5.69. The lowest BCUT2D eigenvalue weighted by atomic mass is 10.1. The van der Waals surface area contributed by atoms with Gasteiger partial charge in [0.05, 0.1) is 10.9 Å². The third kappa shape index (κ3) is 3.87. The van der Waals surface area contributed by atoms with Gasteiger partial charge in [0.2, 0.25) is 15.9 Å². The molecule has 1 unspecified atom stereocenters. The lowest BCUT2D eigenvalue weighted by Gasteiger charge is -2.29. The average Bonchev–Trinajstić information content (AvgIpc) is 2.46. The zero-order chi connectivity index (χ0) is 16.3. The van der Waals surface area contributed by atoms with Gasteiger partial charge in [-0.15, -0.1) is 0 Å². The zero-order valence-electron chi connectivity index (χ0n) is 13.4. The molecule has 5 nitrogen and oxygen atoms in total. The summed E-state index contributed by atoms with van der Waals surface area (Å²) in [6, 6.07) is 4.43. The van der Waals surface area contributed by atoms with Gasteiger partial charge < -0.3 is 4.90 Å². The first-order valence-electron chi connectivity index (χ1n) is 7.69. The Morgan fingerprint density at radius 1 is 1.18 bits per heavy atom. The molecular weight excluding hydrogens is 300 g/mol. The van der Waals surface area contributed by atoms with Crippen LogP contribution in [0, 0.1) is 13.8 Å². The molecule has 0 bridgehead atoms. The standard InChI is InChI=1S/C16H24N2O3S/c1-12-7-8-15(13(2)11-12)22(20,21)17-14(3)16(19)18-9-5-4-6-10-18/h7-8,11,14,17H,4-6,9-10H2,1-3H3. The minimum Gasteiger partial charge on any atom is -0.341 e. The lowest BCUT2D eigenvalue weighted by Crippen LogP contribution is -2.48. The minimum atomic E-state index is -3.69. The van der Waals surface area contributed by atoms with E-state index >= 15 is 0 Å². The van der Waals surface area contributed by atoms with Gasteiger partial charge in [0.15, 0.2) is 0 Å². The third-order valence-electron chi connectivity index (χ3n) is 3.99. The molecule has 1 amide bonds. The molecule has 122 valence electrons. The first-order valence-corrected chi connectivity index (χ1v) is 9.18. The molecule has 0 saturated carbocycles. The van der Waals surface area contributed by atoms with Crippen molar-refractivity contribution in [2.75, 3.05) is 13.1 Å². The van der Waals surface area contributed by atoms with Crippen molar-refractivity contribution in [1.29, 1.82) is 0 Å². The molecule has 1 aromatic rings. The minimum absolute atomic E-state index is 0.145. The number of sulfonamides is 1. The molecule has 1 aliphatic rings. The van der Waals surface area contributed by atoms with E-state index in [4.69, 9.17) is 0 Å². The van der Waals surface area contributed by atoms with Crippen LogP contribution < -0.4 is 4.72 Å². The highest BCUT2D eigenvalue weighted by molar-refractivity contribution is 7.89. The van der Waals surface area contributed by atoms with E-state index < -0.39 is 16.1 Å². The Hall–Kier alpha value is -1.40. The van der Waals surface area contributed by atoms with Gasteiger partial charge in [-0.2, -0.15) is 4.72 Å². The number of nitrogens with one attached hydrogen (secondary N) is 1. The Morgan fingerprint density at radius 2 is 1.82 bits per heavy atom. The number of carbonyl (C=O) groups is 1. The number of carbonyl (C=O) groups excluding carboxylic acids is 1. The van der Waals surface area contributed by atoms with Crippen LogP contribution in [0.4, 0.5) is 0 Å². The summed E-state index contributed by atoms with van der Waals surface area (Å²) < 4.78 is 27.5. The summed E-state index contributed by atoms with van der Waals surface area (Å²) in [7, 11) is -3.69. The number of benzene rings is 1. The van der Waals surface area contributed by atoms with Gasteiger partial charge >= 0.3 is 0 Å². The van der Waals surface area contributed by atoms with Crippen molar-refractivity contribution in [2.24, 2.45) is 0 Å². The van der Waals surface area contributed by atoms with Gasteiger partial charge in [-0.1, -0.05) is 17.7 Å². The molecule has 2 rings (SSSR count).